The molecule has 0 N–H and O–H groups in total. The van der Waals surface area contributed by atoms with Crippen molar-refractivity contribution in [1.82, 2.24) is 4.90 Å². The fourth-order valence-corrected chi connectivity index (χ4v) is 2.89. The summed E-state index contributed by atoms with van der Waals surface area (Å²) < 4.78 is 17.0. The van der Waals surface area contributed by atoms with Crippen molar-refractivity contribution < 1.29 is 13.9 Å². The molecule has 2 saturated heterocycles. The lowest BCUT2D eigenvalue weighted by Crippen LogP contribution is -2.46. The van der Waals surface area contributed by atoms with E-state index in [1.165, 1.54) is 12.8 Å². The van der Waals surface area contributed by atoms with Crippen LogP contribution in [0, 0.1) is 6.92 Å². The molecule has 0 amide bonds. The third-order valence-corrected chi connectivity index (χ3v) is 3.78. The van der Waals surface area contributed by atoms with Gasteiger partial charge in [0.05, 0.1) is 25.8 Å². The number of rotatable bonds is 3. The van der Waals surface area contributed by atoms with E-state index >= 15 is 0 Å². The Hall–Kier alpha value is -0.840. The highest BCUT2D eigenvalue weighted by molar-refractivity contribution is 5.06. The van der Waals surface area contributed by atoms with E-state index in [4.69, 9.17) is 13.9 Å². The van der Waals surface area contributed by atoms with Gasteiger partial charge in [-0.25, -0.2) is 0 Å². The number of furan rings is 1. The van der Waals surface area contributed by atoms with Gasteiger partial charge in [-0.1, -0.05) is 6.42 Å². The van der Waals surface area contributed by atoms with E-state index in [0.717, 1.165) is 44.2 Å². The van der Waals surface area contributed by atoms with Gasteiger partial charge in [-0.15, -0.1) is 0 Å². The Balaban J connectivity index is 1.67. The lowest BCUT2D eigenvalue weighted by atomic mass is 10.0. The first-order chi connectivity index (χ1) is 8.83. The highest BCUT2D eigenvalue weighted by Gasteiger charge is 2.33. The van der Waals surface area contributed by atoms with Crippen LogP contribution in [0.15, 0.2) is 16.5 Å². The van der Waals surface area contributed by atoms with Crippen molar-refractivity contribution >= 4 is 0 Å². The van der Waals surface area contributed by atoms with Gasteiger partial charge in [0.25, 0.3) is 0 Å². The smallest absolute Gasteiger partial charge is 0.173 e. The van der Waals surface area contributed by atoms with Gasteiger partial charge in [-0.05, 0) is 38.4 Å². The van der Waals surface area contributed by atoms with Crippen LogP contribution in [-0.2, 0) is 16.0 Å². The number of likely N-dealkylation sites (tertiary alicyclic amines) is 1. The highest BCUT2D eigenvalue weighted by Crippen LogP contribution is 2.26. The van der Waals surface area contributed by atoms with Crippen LogP contribution >= 0.6 is 0 Å². The molecule has 2 fully saturated rings. The molecule has 2 aliphatic heterocycles. The summed E-state index contributed by atoms with van der Waals surface area (Å²) in [5.74, 6) is 2.02. The van der Waals surface area contributed by atoms with E-state index in [1.807, 2.05) is 13.0 Å². The van der Waals surface area contributed by atoms with Gasteiger partial charge in [0.1, 0.15) is 11.5 Å². The minimum atomic E-state index is -0.0404. The third-order valence-electron chi connectivity index (χ3n) is 3.78. The van der Waals surface area contributed by atoms with Crippen LogP contribution in [-0.4, -0.2) is 37.0 Å². The molecule has 4 nitrogen and oxygen atoms in total. The summed E-state index contributed by atoms with van der Waals surface area (Å²) in [5.41, 5.74) is 0. The average Bonchev–Trinajstić information content (AvgIpc) is 3.02. The Bertz CT molecular complexity index is 384. The van der Waals surface area contributed by atoms with Crippen molar-refractivity contribution in [2.45, 2.75) is 45.1 Å². The largest absolute Gasteiger partial charge is 0.465 e. The SMILES string of the molecule is Cc1ccc(CN2CCCCC2C2OCCO2)o1. The molecule has 100 valence electrons. The lowest BCUT2D eigenvalue weighted by molar-refractivity contribution is -0.112. The molecule has 0 aromatic carbocycles. The average molecular weight is 251 g/mol. The molecule has 1 atom stereocenters. The second kappa shape index (κ2) is 5.43. The van der Waals surface area contributed by atoms with Crippen molar-refractivity contribution in [2.24, 2.45) is 0 Å². The molecule has 1 unspecified atom stereocenters. The van der Waals surface area contributed by atoms with Crippen molar-refractivity contribution in [3.8, 4) is 0 Å². The molecule has 18 heavy (non-hydrogen) atoms. The number of aryl methyl sites for hydroxylation is 1. The second-order valence-corrected chi connectivity index (χ2v) is 5.16. The summed E-state index contributed by atoms with van der Waals surface area (Å²) in [7, 11) is 0. The molecule has 0 bridgehead atoms. The van der Waals surface area contributed by atoms with Crippen LogP contribution < -0.4 is 0 Å². The molecule has 0 aliphatic carbocycles. The Morgan fingerprint density at radius 1 is 1.22 bits per heavy atom. The molecule has 0 radical (unpaired) electrons. The first-order valence-electron chi connectivity index (χ1n) is 6.85. The van der Waals surface area contributed by atoms with Crippen molar-refractivity contribution in [3.63, 3.8) is 0 Å². The van der Waals surface area contributed by atoms with Crippen molar-refractivity contribution in [2.75, 3.05) is 19.8 Å². The first kappa shape index (κ1) is 12.2. The van der Waals surface area contributed by atoms with Gasteiger partial charge in [-0.2, -0.15) is 0 Å². The van der Waals surface area contributed by atoms with Crippen LogP contribution in [0.25, 0.3) is 0 Å². The minimum Gasteiger partial charge on any atom is -0.465 e. The number of hydrogen-bond acceptors (Lipinski definition) is 4. The van der Waals surface area contributed by atoms with Gasteiger partial charge >= 0.3 is 0 Å². The first-order valence-corrected chi connectivity index (χ1v) is 6.85. The van der Waals surface area contributed by atoms with Crippen LogP contribution in [0.4, 0.5) is 0 Å². The van der Waals surface area contributed by atoms with Crippen LogP contribution in [0.5, 0.6) is 0 Å². The molecule has 2 aliphatic rings. The van der Waals surface area contributed by atoms with Gasteiger partial charge in [-0.3, -0.25) is 4.90 Å². The molecule has 3 heterocycles. The van der Waals surface area contributed by atoms with Crippen LogP contribution in [0.1, 0.15) is 30.8 Å². The van der Waals surface area contributed by atoms with E-state index in [1.54, 1.807) is 0 Å². The quantitative estimate of drug-likeness (QED) is 0.825. The molecule has 3 rings (SSSR count). The highest BCUT2D eigenvalue weighted by atomic mass is 16.7. The van der Waals surface area contributed by atoms with Crippen LogP contribution in [0.2, 0.25) is 0 Å². The van der Waals surface area contributed by atoms with Gasteiger partial charge < -0.3 is 13.9 Å². The zero-order valence-electron chi connectivity index (χ0n) is 10.9. The molecular formula is C14H21NO3. The Labute approximate surface area is 108 Å². The fraction of sp³-hybridized carbons (Fsp3) is 0.714. The predicted molar refractivity (Wildman–Crippen MR) is 67.2 cm³/mol. The molecule has 1 aromatic rings. The maximum atomic E-state index is 5.67. The number of nitrogens with zero attached hydrogens (tertiary/aromatic N) is 1. The lowest BCUT2D eigenvalue weighted by Gasteiger charge is -2.37. The molecule has 0 saturated carbocycles. The Kier molecular flexibility index (Phi) is 3.68. The standard InChI is InChI=1S/C14H21NO3/c1-11-5-6-12(18-11)10-15-7-3-2-4-13(15)14-16-8-9-17-14/h5-6,13-14H,2-4,7-10H2,1H3. The Morgan fingerprint density at radius 2 is 2.06 bits per heavy atom. The predicted octanol–water partition coefficient (Wildman–Crippen LogP) is 2.32. The van der Waals surface area contributed by atoms with E-state index < -0.39 is 0 Å². The monoisotopic (exact) mass is 251 g/mol. The molecule has 0 spiro atoms. The van der Waals surface area contributed by atoms with Crippen molar-refractivity contribution in [1.29, 1.82) is 0 Å². The summed E-state index contributed by atoms with van der Waals surface area (Å²) >= 11 is 0. The third kappa shape index (κ3) is 2.60. The van der Waals surface area contributed by atoms with Crippen LogP contribution in [0.3, 0.4) is 0 Å². The molecular weight excluding hydrogens is 230 g/mol. The number of ether oxygens (including phenoxy) is 2. The minimum absolute atomic E-state index is 0.0404. The second-order valence-electron chi connectivity index (χ2n) is 5.16. The molecule has 1 aromatic heterocycles. The number of piperidine rings is 1. The van der Waals surface area contributed by atoms with Crippen molar-refractivity contribution in [3.05, 3.63) is 23.7 Å². The summed E-state index contributed by atoms with van der Waals surface area (Å²) in [5, 5.41) is 0. The summed E-state index contributed by atoms with van der Waals surface area (Å²) in [6, 6.07) is 4.47. The zero-order chi connectivity index (χ0) is 12.4. The van der Waals surface area contributed by atoms with E-state index in [9.17, 15) is 0 Å². The fourth-order valence-electron chi connectivity index (χ4n) is 2.89. The zero-order valence-corrected chi connectivity index (χ0v) is 10.9. The van der Waals surface area contributed by atoms with E-state index in [-0.39, 0.29) is 6.29 Å². The van der Waals surface area contributed by atoms with Gasteiger partial charge in [0, 0.05) is 0 Å². The van der Waals surface area contributed by atoms with Gasteiger partial charge in [0.15, 0.2) is 6.29 Å². The summed E-state index contributed by atoms with van der Waals surface area (Å²) in [4.78, 5) is 2.44. The molecule has 4 heteroatoms. The summed E-state index contributed by atoms with van der Waals surface area (Å²) in [6.45, 7) is 5.42. The van der Waals surface area contributed by atoms with E-state index in [2.05, 4.69) is 11.0 Å². The van der Waals surface area contributed by atoms with Gasteiger partial charge in [0.2, 0.25) is 0 Å². The number of hydrogen-bond donors (Lipinski definition) is 0. The summed E-state index contributed by atoms with van der Waals surface area (Å²) in [6.07, 6.45) is 3.64. The maximum absolute atomic E-state index is 5.67. The Morgan fingerprint density at radius 3 is 2.78 bits per heavy atom. The maximum Gasteiger partial charge on any atom is 0.173 e. The topological polar surface area (TPSA) is 34.8 Å². The normalized spacial score (nSPS) is 26.8. The van der Waals surface area contributed by atoms with E-state index in [0.29, 0.717) is 6.04 Å².